The maximum absolute atomic E-state index is 13.9. The third-order valence-electron chi connectivity index (χ3n) is 6.06. The van der Waals surface area contributed by atoms with Gasteiger partial charge in [-0.25, -0.2) is 13.8 Å². The lowest BCUT2D eigenvalue weighted by molar-refractivity contribution is 0.323. The zero-order valence-corrected chi connectivity index (χ0v) is 19.1. The maximum Gasteiger partial charge on any atom is 0.225 e. The van der Waals surface area contributed by atoms with Crippen molar-refractivity contribution in [2.45, 2.75) is 38.3 Å². The van der Waals surface area contributed by atoms with Crippen LogP contribution in [0, 0.1) is 17.6 Å². The summed E-state index contributed by atoms with van der Waals surface area (Å²) in [6, 6.07) is 10.5. The van der Waals surface area contributed by atoms with E-state index in [1.54, 1.807) is 0 Å². The lowest BCUT2D eigenvalue weighted by Gasteiger charge is -2.29. The molecule has 0 radical (unpaired) electrons. The molecule has 0 atom stereocenters. The number of anilines is 2. The van der Waals surface area contributed by atoms with Crippen LogP contribution >= 0.6 is 11.6 Å². The Labute approximate surface area is 192 Å². The lowest BCUT2D eigenvalue weighted by Crippen LogP contribution is -2.32. The average molecular weight is 460 g/mol. The van der Waals surface area contributed by atoms with E-state index in [9.17, 15) is 8.78 Å². The number of benzene rings is 2. The first-order valence-corrected chi connectivity index (χ1v) is 11.3. The van der Waals surface area contributed by atoms with Crippen LogP contribution < -0.4 is 15.5 Å². The van der Waals surface area contributed by atoms with Crippen LogP contribution in [-0.4, -0.2) is 36.6 Å². The van der Waals surface area contributed by atoms with E-state index in [2.05, 4.69) is 10.6 Å². The Morgan fingerprint density at radius 3 is 2.47 bits per heavy atom. The molecule has 170 valence electrons. The average Bonchev–Trinajstić information content (AvgIpc) is 2.79. The smallest absolute Gasteiger partial charge is 0.225 e. The third kappa shape index (κ3) is 5.10. The zero-order valence-electron chi connectivity index (χ0n) is 18.3. The SMILES string of the molecule is CN(C)c1nc(NC2CCC(CNCc3c(F)ccc(F)c3Cl)CC2)nc2ccccc12. The summed E-state index contributed by atoms with van der Waals surface area (Å²) in [6.45, 7) is 0.967. The normalized spacial score (nSPS) is 18.7. The number of hydrogen-bond acceptors (Lipinski definition) is 5. The quantitative estimate of drug-likeness (QED) is 0.464. The van der Waals surface area contributed by atoms with E-state index in [-0.39, 0.29) is 17.1 Å². The van der Waals surface area contributed by atoms with Gasteiger partial charge in [0.1, 0.15) is 17.5 Å². The Kier molecular flexibility index (Phi) is 7.06. The van der Waals surface area contributed by atoms with E-state index < -0.39 is 11.6 Å². The van der Waals surface area contributed by atoms with E-state index in [0.29, 0.717) is 17.9 Å². The lowest BCUT2D eigenvalue weighted by atomic mass is 9.86. The highest BCUT2D eigenvalue weighted by Crippen LogP contribution is 2.28. The highest BCUT2D eigenvalue weighted by Gasteiger charge is 2.22. The molecule has 2 N–H and O–H groups in total. The minimum absolute atomic E-state index is 0.141. The summed E-state index contributed by atoms with van der Waals surface area (Å²) in [7, 11) is 3.97. The topological polar surface area (TPSA) is 53.1 Å². The Morgan fingerprint density at radius 2 is 1.72 bits per heavy atom. The van der Waals surface area contributed by atoms with Gasteiger partial charge in [-0.05, 0) is 62.4 Å². The van der Waals surface area contributed by atoms with Gasteiger partial charge in [-0.1, -0.05) is 23.7 Å². The molecule has 5 nitrogen and oxygen atoms in total. The van der Waals surface area contributed by atoms with Crippen molar-refractivity contribution in [1.29, 1.82) is 0 Å². The molecule has 1 aliphatic rings. The minimum atomic E-state index is -0.593. The summed E-state index contributed by atoms with van der Waals surface area (Å²) >= 11 is 5.90. The van der Waals surface area contributed by atoms with Gasteiger partial charge in [0, 0.05) is 37.6 Å². The molecule has 1 saturated carbocycles. The van der Waals surface area contributed by atoms with Gasteiger partial charge in [0.15, 0.2) is 0 Å². The van der Waals surface area contributed by atoms with Crippen molar-refractivity contribution < 1.29 is 8.78 Å². The van der Waals surface area contributed by atoms with Crippen LogP contribution in [0.1, 0.15) is 31.2 Å². The molecule has 1 aliphatic carbocycles. The van der Waals surface area contributed by atoms with Crippen molar-refractivity contribution in [2.24, 2.45) is 5.92 Å². The molecule has 32 heavy (non-hydrogen) atoms. The van der Waals surface area contributed by atoms with Crippen LogP contribution in [0.25, 0.3) is 10.9 Å². The molecular weight excluding hydrogens is 432 g/mol. The second kappa shape index (κ2) is 9.96. The van der Waals surface area contributed by atoms with Crippen LogP contribution in [0.4, 0.5) is 20.5 Å². The molecule has 0 spiro atoms. The van der Waals surface area contributed by atoms with Gasteiger partial charge in [-0.15, -0.1) is 0 Å². The molecule has 3 aromatic rings. The Balaban J connectivity index is 1.31. The molecular formula is C24H28ClF2N5. The van der Waals surface area contributed by atoms with Gasteiger partial charge >= 0.3 is 0 Å². The molecule has 8 heteroatoms. The van der Waals surface area contributed by atoms with Crippen molar-refractivity contribution in [3.63, 3.8) is 0 Å². The largest absolute Gasteiger partial charge is 0.362 e. The summed E-state index contributed by atoms with van der Waals surface area (Å²) in [5, 5.41) is 7.65. The predicted octanol–water partition coefficient (Wildman–Crippen LogP) is 5.39. The molecule has 1 fully saturated rings. The minimum Gasteiger partial charge on any atom is -0.362 e. The predicted molar refractivity (Wildman–Crippen MR) is 126 cm³/mol. The third-order valence-corrected chi connectivity index (χ3v) is 6.47. The zero-order chi connectivity index (χ0) is 22.7. The first-order valence-electron chi connectivity index (χ1n) is 11.0. The number of halogens is 3. The highest BCUT2D eigenvalue weighted by molar-refractivity contribution is 6.31. The van der Waals surface area contributed by atoms with Gasteiger partial charge in [0.05, 0.1) is 10.5 Å². The van der Waals surface area contributed by atoms with Crippen LogP contribution in [-0.2, 0) is 6.54 Å². The molecule has 0 aliphatic heterocycles. The first kappa shape index (κ1) is 22.7. The number of nitrogens with zero attached hydrogens (tertiary/aromatic N) is 3. The number of hydrogen-bond donors (Lipinski definition) is 2. The number of para-hydroxylation sites is 1. The molecule has 2 aromatic carbocycles. The molecule has 0 bridgehead atoms. The van der Waals surface area contributed by atoms with Crippen molar-refractivity contribution >= 4 is 34.3 Å². The second-order valence-electron chi connectivity index (χ2n) is 8.60. The summed E-state index contributed by atoms with van der Waals surface area (Å²) in [4.78, 5) is 11.4. The molecule has 4 rings (SSSR count). The van der Waals surface area contributed by atoms with Crippen molar-refractivity contribution in [3.8, 4) is 0 Å². The number of fused-ring (bicyclic) bond motifs is 1. The fraction of sp³-hybridized carbons (Fsp3) is 0.417. The van der Waals surface area contributed by atoms with E-state index >= 15 is 0 Å². The molecule has 1 heterocycles. The fourth-order valence-corrected chi connectivity index (χ4v) is 4.51. The van der Waals surface area contributed by atoms with Crippen LogP contribution in [0.15, 0.2) is 36.4 Å². The van der Waals surface area contributed by atoms with Crippen molar-refractivity contribution in [2.75, 3.05) is 30.9 Å². The molecule has 0 amide bonds. The van der Waals surface area contributed by atoms with Gasteiger partial charge in [-0.3, -0.25) is 0 Å². The van der Waals surface area contributed by atoms with Gasteiger partial charge in [-0.2, -0.15) is 4.98 Å². The summed E-state index contributed by atoms with van der Waals surface area (Å²) < 4.78 is 27.5. The summed E-state index contributed by atoms with van der Waals surface area (Å²) in [5.74, 6) is 0.969. The number of aromatic nitrogens is 2. The van der Waals surface area contributed by atoms with Crippen LogP contribution in [0.2, 0.25) is 5.02 Å². The highest BCUT2D eigenvalue weighted by atomic mass is 35.5. The van der Waals surface area contributed by atoms with E-state index in [1.165, 1.54) is 0 Å². The standard InChI is InChI=1S/C24H28ClF2N5/c1-32(2)23-17-5-3-4-6-21(17)30-24(31-23)29-16-9-7-15(8-10-16)13-28-14-18-19(26)11-12-20(27)22(18)25/h3-6,11-12,15-16,28H,7-10,13-14H2,1-2H3,(H,29,30,31). The number of rotatable bonds is 7. The number of nitrogens with one attached hydrogen (secondary N) is 2. The Morgan fingerprint density at radius 1 is 1.00 bits per heavy atom. The van der Waals surface area contributed by atoms with Crippen LogP contribution in [0.5, 0.6) is 0 Å². The van der Waals surface area contributed by atoms with Gasteiger partial charge < -0.3 is 15.5 Å². The van der Waals surface area contributed by atoms with Gasteiger partial charge in [0.25, 0.3) is 0 Å². The molecule has 0 saturated heterocycles. The monoisotopic (exact) mass is 459 g/mol. The molecule has 0 unspecified atom stereocenters. The first-order chi connectivity index (χ1) is 15.4. The summed E-state index contributed by atoms with van der Waals surface area (Å²) in [6.07, 6.45) is 4.10. The summed E-state index contributed by atoms with van der Waals surface area (Å²) in [5.41, 5.74) is 1.11. The Bertz CT molecular complexity index is 1080. The second-order valence-corrected chi connectivity index (χ2v) is 8.97. The van der Waals surface area contributed by atoms with Crippen molar-refractivity contribution in [3.05, 3.63) is 58.6 Å². The Hall–Kier alpha value is -2.51. The van der Waals surface area contributed by atoms with E-state index in [1.807, 2.05) is 43.3 Å². The van der Waals surface area contributed by atoms with E-state index in [4.69, 9.17) is 21.6 Å². The van der Waals surface area contributed by atoms with Crippen molar-refractivity contribution in [1.82, 2.24) is 15.3 Å². The fourth-order valence-electron chi connectivity index (χ4n) is 4.29. The van der Waals surface area contributed by atoms with Gasteiger partial charge in [0.2, 0.25) is 5.95 Å². The molecule has 1 aromatic heterocycles. The maximum atomic E-state index is 13.9. The van der Waals surface area contributed by atoms with E-state index in [0.717, 1.165) is 61.1 Å². The van der Waals surface area contributed by atoms with Crippen LogP contribution in [0.3, 0.4) is 0 Å².